The molecule has 0 unspecified atom stereocenters. The standard InChI is InChI=1S/C22H34OSi2/c1-19-11-7-9-13-21(19)15-17-24(3,4)23-25(5,6)18-16-22-14-10-8-12-20(22)2/h7-14H,15-18H2,1-6H3. The molecule has 0 aliphatic carbocycles. The second kappa shape index (κ2) is 8.48. The highest BCUT2D eigenvalue weighted by Gasteiger charge is 2.32. The van der Waals surface area contributed by atoms with Crippen molar-refractivity contribution in [1.29, 1.82) is 0 Å². The second-order valence-electron chi connectivity index (χ2n) is 8.47. The van der Waals surface area contributed by atoms with Gasteiger partial charge in [0, 0.05) is 0 Å². The minimum absolute atomic E-state index is 1.15. The van der Waals surface area contributed by atoms with E-state index >= 15 is 0 Å². The zero-order valence-corrected chi connectivity index (χ0v) is 18.9. The Bertz CT molecular complexity index is 632. The number of hydrogen-bond acceptors (Lipinski definition) is 1. The molecule has 3 heteroatoms. The maximum absolute atomic E-state index is 6.83. The minimum atomic E-state index is -1.63. The van der Waals surface area contributed by atoms with Crippen molar-refractivity contribution >= 4 is 16.6 Å². The Hall–Kier alpha value is -1.17. The van der Waals surface area contributed by atoms with Crippen molar-refractivity contribution in [1.82, 2.24) is 0 Å². The van der Waals surface area contributed by atoms with Crippen LogP contribution in [0.5, 0.6) is 0 Å². The van der Waals surface area contributed by atoms with E-state index in [9.17, 15) is 0 Å². The predicted octanol–water partition coefficient (Wildman–Crippen LogP) is 6.52. The SMILES string of the molecule is Cc1ccccc1CC[Si](C)(C)O[Si](C)(C)CCc1ccccc1C. The van der Waals surface area contributed by atoms with Gasteiger partial charge in [0.25, 0.3) is 0 Å². The molecule has 2 aromatic rings. The Kier molecular flexibility index (Phi) is 6.83. The lowest BCUT2D eigenvalue weighted by Crippen LogP contribution is -2.44. The van der Waals surface area contributed by atoms with Crippen LogP contribution < -0.4 is 0 Å². The molecule has 0 saturated carbocycles. The van der Waals surface area contributed by atoms with Crippen molar-refractivity contribution in [2.45, 2.75) is 65.0 Å². The highest BCUT2D eigenvalue weighted by atomic mass is 28.4. The molecular weight excluding hydrogens is 336 g/mol. The van der Waals surface area contributed by atoms with Gasteiger partial charge in [-0.15, -0.1) is 0 Å². The molecule has 0 aromatic heterocycles. The molecule has 0 aliphatic heterocycles. The van der Waals surface area contributed by atoms with Crippen molar-refractivity contribution in [2.75, 3.05) is 0 Å². The Labute approximate surface area is 156 Å². The Morgan fingerprint density at radius 1 is 0.640 bits per heavy atom. The monoisotopic (exact) mass is 370 g/mol. The fourth-order valence-electron chi connectivity index (χ4n) is 3.50. The first-order chi connectivity index (χ1) is 11.7. The molecule has 0 radical (unpaired) electrons. The van der Waals surface area contributed by atoms with Crippen molar-refractivity contribution in [3.63, 3.8) is 0 Å². The molecule has 136 valence electrons. The summed E-state index contributed by atoms with van der Waals surface area (Å²) < 4.78 is 6.83. The number of hydrogen-bond donors (Lipinski definition) is 0. The summed E-state index contributed by atoms with van der Waals surface area (Å²) in [5.41, 5.74) is 5.77. The van der Waals surface area contributed by atoms with Gasteiger partial charge in [0.1, 0.15) is 0 Å². The summed E-state index contributed by atoms with van der Waals surface area (Å²) in [5.74, 6) is 0. The van der Waals surface area contributed by atoms with E-state index in [1.165, 1.54) is 34.3 Å². The average molecular weight is 371 g/mol. The maximum atomic E-state index is 6.83. The Morgan fingerprint density at radius 3 is 1.36 bits per heavy atom. The lowest BCUT2D eigenvalue weighted by atomic mass is 10.1. The van der Waals surface area contributed by atoms with Crippen molar-refractivity contribution in [3.8, 4) is 0 Å². The Balaban J connectivity index is 1.91. The first kappa shape index (κ1) is 20.1. The summed E-state index contributed by atoms with van der Waals surface area (Å²) in [7, 11) is -3.27. The molecule has 25 heavy (non-hydrogen) atoms. The first-order valence-corrected chi connectivity index (χ1v) is 15.7. The van der Waals surface area contributed by atoms with Gasteiger partial charge in [0.2, 0.25) is 0 Å². The molecule has 0 heterocycles. The predicted molar refractivity (Wildman–Crippen MR) is 115 cm³/mol. The normalized spacial score (nSPS) is 12.4. The highest BCUT2D eigenvalue weighted by Crippen LogP contribution is 2.25. The van der Waals surface area contributed by atoms with Gasteiger partial charge in [-0.3, -0.25) is 0 Å². The first-order valence-electron chi connectivity index (χ1n) is 9.48. The zero-order chi connectivity index (χ0) is 18.5. The van der Waals surface area contributed by atoms with E-state index < -0.39 is 16.6 Å². The third kappa shape index (κ3) is 6.57. The van der Waals surface area contributed by atoms with Crippen LogP contribution in [0.1, 0.15) is 22.3 Å². The van der Waals surface area contributed by atoms with Crippen LogP contribution in [-0.2, 0) is 17.0 Å². The summed E-state index contributed by atoms with van der Waals surface area (Å²) >= 11 is 0. The van der Waals surface area contributed by atoms with Crippen LogP contribution in [0.2, 0.25) is 38.3 Å². The van der Waals surface area contributed by atoms with E-state index in [0.717, 1.165) is 12.8 Å². The third-order valence-electron chi connectivity index (χ3n) is 5.07. The molecule has 0 fully saturated rings. The molecule has 0 N–H and O–H groups in total. The van der Waals surface area contributed by atoms with Crippen molar-refractivity contribution < 1.29 is 4.12 Å². The molecule has 0 spiro atoms. The van der Waals surface area contributed by atoms with Crippen LogP contribution in [0.25, 0.3) is 0 Å². The Morgan fingerprint density at radius 2 is 1.00 bits per heavy atom. The lowest BCUT2D eigenvalue weighted by Gasteiger charge is -2.34. The quantitative estimate of drug-likeness (QED) is 0.481. The minimum Gasteiger partial charge on any atom is -0.455 e. The summed E-state index contributed by atoms with van der Waals surface area (Å²) in [6.45, 7) is 14.0. The fourth-order valence-corrected chi connectivity index (χ4v) is 12.0. The van der Waals surface area contributed by atoms with E-state index in [0.29, 0.717) is 0 Å². The van der Waals surface area contributed by atoms with Gasteiger partial charge in [-0.2, -0.15) is 0 Å². The van der Waals surface area contributed by atoms with Crippen molar-refractivity contribution in [2.24, 2.45) is 0 Å². The van der Waals surface area contributed by atoms with E-state index in [4.69, 9.17) is 4.12 Å². The van der Waals surface area contributed by atoms with Gasteiger partial charge in [-0.1, -0.05) is 48.5 Å². The summed E-state index contributed by atoms with van der Waals surface area (Å²) in [5, 5.41) is 0. The fraction of sp³-hybridized carbons (Fsp3) is 0.455. The molecule has 1 nitrogen and oxygen atoms in total. The van der Waals surface area contributed by atoms with Crippen LogP contribution in [0.3, 0.4) is 0 Å². The van der Waals surface area contributed by atoms with Gasteiger partial charge in [-0.25, -0.2) is 0 Å². The summed E-state index contributed by atoms with van der Waals surface area (Å²) in [6.07, 6.45) is 2.29. The van der Waals surface area contributed by atoms with Gasteiger partial charge >= 0.3 is 0 Å². The topological polar surface area (TPSA) is 9.23 Å². The average Bonchev–Trinajstić information content (AvgIpc) is 2.52. The van der Waals surface area contributed by atoms with Gasteiger partial charge in [0.05, 0.1) is 0 Å². The van der Waals surface area contributed by atoms with E-state index in [-0.39, 0.29) is 0 Å². The maximum Gasteiger partial charge on any atom is 0.173 e. The second-order valence-corrected chi connectivity index (χ2v) is 17.3. The zero-order valence-electron chi connectivity index (χ0n) is 16.9. The van der Waals surface area contributed by atoms with Crippen molar-refractivity contribution in [3.05, 3.63) is 70.8 Å². The molecule has 0 saturated heterocycles. The number of aryl methyl sites for hydroxylation is 4. The molecule has 2 aromatic carbocycles. The number of rotatable bonds is 8. The van der Waals surface area contributed by atoms with Gasteiger partial charge in [-0.05, 0) is 87.2 Å². The summed E-state index contributed by atoms with van der Waals surface area (Å²) in [6, 6.07) is 19.9. The van der Waals surface area contributed by atoms with E-state index in [2.05, 4.69) is 88.6 Å². The van der Waals surface area contributed by atoms with Crippen LogP contribution in [0.4, 0.5) is 0 Å². The van der Waals surface area contributed by atoms with Crippen LogP contribution in [-0.4, -0.2) is 16.6 Å². The number of benzene rings is 2. The molecular formula is C22H34OSi2. The molecule has 0 bridgehead atoms. The van der Waals surface area contributed by atoms with Gasteiger partial charge in [0.15, 0.2) is 16.6 Å². The largest absolute Gasteiger partial charge is 0.455 e. The third-order valence-corrected chi connectivity index (χ3v) is 12.4. The van der Waals surface area contributed by atoms with Gasteiger partial charge < -0.3 is 4.12 Å². The summed E-state index contributed by atoms with van der Waals surface area (Å²) in [4.78, 5) is 0. The van der Waals surface area contributed by atoms with Crippen LogP contribution in [0.15, 0.2) is 48.5 Å². The van der Waals surface area contributed by atoms with E-state index in [1.54, 1.807) is 0 Å². The molecule has 2 rings (SSSR count). The van der Waals surface area contributed by atoms with Crippen LogP contribution >= 0.6 is 0 Å². The highest BCUT2D eigenvalue weighted by molar-refractivity contribution is 6.84. The molecule has 0 aliphatic rings. The van der Waals surface area contributed by atoms with Crippen LogP contribution in [0, 0.1) is 13.8 Å². The van der Waals surface area contributed by atoms with E-state index in [1.807, 2.05) is 0 Å². The smallest absolute Gasteiger partial charge is 0.173 e. The molecule has 0 amide bonds. The lowest BCUT2D eigenvalue weighted by molar-refractivity contribution is 0.535. The molecule has 0 atom stereocenters.